The Bertz CT molecular complexity index is 473. The van der Waals surface area contributed by atoms with Crippen LogP contribution in [-0.2, 0) is 0 Å². The van der Waals surface area contributed by atoms with Crippen molar-refractivity contribution in [3.8, 4) is 0 Å². The Hall–Kier alpha value is -0.370. The Kier molecular flexibility index (Phi) is 11.3. The van der Waals surface area contributed by atoms with Gasteiger partial charge in [0.2, 0.25) is 0 Å². The van der Waals surface area contributed by atoms with E-state index in [4.69, 9.17) is 5.41 Å². The predicted molar refractivity (Wildman–Crippen MR) is 132 cm³/mol. The van der Waals surface area contributed by atoms with Gasteiger partial charge in [0.05, 0.1) is 0 Å². The summed E-state index contributed by atoms with van der Waals surface area (Å²) in [5.41, 5.74) is 1.17. The Morgan fingerprint density at radius 3 is 1.60 bits per heavy atom. The van der Waals surface area contributed by atoms with Crippen molar-refractivity contribution >= 4 is 5.71 Å². The molecule has 3 fully saturated rings. The van der Waals surface area contributed by atoms with Gasteiger partial charge in [0, 0.05) is 29.6 Å². The molecule has 0 amide bonds. The van der Waals surface area contributed by atoms with E-state index in [1.165, 1.54) is 147 Å². The Labute approximate surface area is 188 Å². The smallest absolute Gasteiger partial charge is 0.0182 e. The first kappa shape index (κ1) is 24.3. The Balaban J connectivity index is 1.22. The van der Waals surface area contributed by atoms with Gasteiger partial charge in [0.1, 0.15) is 0 Å². The first-order chi connectivity index (χ1) is 14.8. The van der Waals surface area contributed by atoms with E-state index in [1.807, 2.05) is 0 Å². The highest BCUT2D eigenvalue weighted by molar-refractivity contribution is 5.88. The number of likely N-dealkylation sites (tertiary alicyclic amines) is 1. The van der Waals surface area contributed by atoms with Crippen LogP contribution >= 0.6 is 0 Å². The largest absolute Gasteiger partial charge is 0.309 e. The molecule has 1 heterocycles. The van der Waals surface area contributed by atoms with Crippen LogP contribution in [0.15, 0.2) is 0 Å². The summed E-state index contributed by atoms with van der Waals surface area (Å²) >= 11 is 0. The van der Waals surface area contributed by atoms with Crippen LogP contribution in [0.5, 0.6) is 0 Å². The first-order valence-corrected chi connectivity index (χ1v) is 14.2. The second-order valence-electron chi connectivity index (χ2n) is 10.9. The molecule has 3 aliphatic rings. The highest BCUT2D eigenvalue weighted by Crippen LogP contribution is 2.44. The highest BCUT2D eigenvalue weighted by atomic mass is 15.2. The zero-order chi connectivity index (χ0) is 21.0. The molecular weight excluding hydrogens is 364 g/mol. The molecule has 0 aromatic rings. The van der Waals surface area contributed by atoms with Crippen molar-refractivity contribution in [2.45, 2.75) is 154 Å². The molecule has 0 radical (unpaired) electrons. The number of rotatable bonds is 15. The van der Waals surface area contributed by atoms with Gasteiger partial charge >= 0.3 is 0 Å². The maximum absolute atomic E-state index is 8.79. The average molecular weight is 417 g/mol. The lowest BCUT2D eigenvalue weighted by Gasteiger charge is -2.50. The number of nitrogens with one attached hydrogen (secondary N) is 1. The van der Waals surface area contributed by atoms with Crippen LogP contribution in [-0.4, -0.2) is 29.2 Å². The molecule has 174 valence electrons. The molecule has 2 aliphatic carbocycles. The third-order valence-corrected chi connectivity index (χ3v) is 8.63. The lowest BCUT2D eigenvalue weighted by atomic mass is 9.71. The maximum atomic E-state index is 8.79. The fourth-order valence-electron chi connectivity index (χ4n) is 6.91. The number of piperidine rings is 1. The standard InChI is InChI=1S/C28H52N2/c1-2-3-4-5-6-7-8-9-10-11-12-13-14-17-23-30-26-21-16-15-19-24(26)28(29)25-20-18-22-27(25)30/h24-27,29H,2-23H2,1H3. The quantitative estimate of drug-likeness (QED) is 0.266. The summed E-state index contributed by atoms with van der Waals surface area (Å²) in [5, 5.41) is 8.79. The molecule has 0 aromatic heterocycles. The summed E-state index contributed by atoms with van der Waals surface area (Å²) in [6, 6.07) is 1.46. The molecule has 0 bridgehead atoms. The average Bonchev–Trinajstić information content (AvgIpc) is 3.26. The van der Waals surface area contributed by atoms with Crippen molar-refractivity contribution < 1.29 is 0 Å². The summed E-state index contributed by atoms with van der Waals surface area (Å²) in [7, 11) is 0. The molecular formula is C28H52N2. The van der Waals surface area contributed by atoms with Crippen LogP contribution in [0.3, 0.4) is 0 Å². The summed E-state index contributed by atoms with van der Waals surface area (Å²) in [6.45, 7) is 3.63. The minimum Gasteiger partial charge on any atom is -0.309 e. The van der Waals surface area contributed by atoms with Crippen molar-refractivity contribution in [2.24, 2.45) is 11.8 Å². The molecule has 30 heavy (non-hydrogen) atoms. The van der Waals surface area contributed by atoms with Gasteiger partial charge in [-0.05, 0) is 38.6 Å². The van der Waals surface area contributed by atoms with Crippen LogP contribution in [0.4, 0.5) is 0 Å². The Morgan fingerprint density at radius 2 is 1.03 bits per heavy atom. The lowest BCUT2D eigenvalue weighted by Crippen LogP contribution is -2.58. The fourth-order valence-corrected chi connectivity index (χ4v) is 6.91. The Morgan fingerprint density at radius 1 is 0.600 bits per heavy atom. The molecule has 2 nitrogen and oxygen atoms in total. The minimum absolute atomic E-state index is 0.616. The van der Waals surface area contributed by atoms with E-state index in [9.17, 15) is 0 Å². The maximum Gasteiger partial charge on any atom is 0.0182 e. The SMILES string of the molecule is CCCCCCCCCCCCCCCCN1C2CCCCC2C(=N)C2CCCC21. The zero-order valence-electron chi connectivity index (χ0n) is 20.3. The molecule has 2 heteroatoms. The van der Waals surface area contributed by atoms with Gasteiger partial charge in [-0.15, -0.1) is 0 Å². The lowest BCUT2D eigenvalue weighted by molar-refractivity contribution is 0.0511. The summed E-state index contributed by atoms with van der Waals surface area (Å²) in [6.07, 6.45) is 29.8. The van der Waals surface area contributed by atoms with Gasteiger partial charge in [0.15, 0.2) is 0 Å². The number of hydrogen-bond donors (Lipinski definition) is 1. The van der Waals surface area contributed by atoms with Gasteiger partial charge in [-0.1, -0.05) is 110 Å². The monoisotopic (exact) mass is 416 g/mol. The number of fused-ring (bicyclic) bond motifs is 2. The molecule has 4 unspecified atom stereocenters. The van der Waals surface area contributed by atoms with E-state index in [0.717, 1.165) is 12.1 Å². The van der Waals surface area contributed by atoms with Crippen molar-refractivity contribution in [3.63, 3.8) is 0 Å². The van der Waals surface area contributed by atoms with Gasteiger partial charge < -0.3 is 5.41 Å². The van der Waals surface area contributed by atoms with E-state index in [-0.39, 0.29) is 0 Å². The predicted octanol–water partition coefficient (Wildman–Crippen LogP) is 8.53. The van der Waals surface area contributed by atoms with E-state index in [1.54, 1.807) is 0 Å². The van der Waals surface area contributed by atoms with Crippen molar-refractivity contribution in [2.75, 3.05) is 6.54 Å². The van der Waals surface area contributed by atoms with Crippen molar-refractivity contribution in [1.29, 1.82) is 5.41 Å². The van der Waals surface area contributed by atoms with Crippen LogP contribution in [0.2, 0.25) is 0 Å². The third kappa shape index (κ3) is 7.07. The molecule has 1 N–H and O–H groups in total. The van der Waals surface area contributed by atoms with Gasteiger partial charge in [-0.2, -0.15) is 0 Å². The number of unbranched alkanes of at least 4 members (excludes halogenated alkanes) is 13. The zero-order valence-corrected chi connectivity index (χ0v) is 20.3. The van der Waals surface area contributed by atoms with Crippen molar-refractivity contribution in [1.82, 2.24) is 4.90 Å². The molecule has 1 saturated heterocycles. The summed E-state index contributed by atoms with van der Waals surface area (Å²) < 4.78 is 0. The van der Waals surface area contributed by atoms with E-state index >= 15 is 0 Å². The number of hydrogen-bond acceptors (Lipinski definition) is 2. The summed E-state index contributed by atoms with van der Waals surface area (Å²) in [5.74, 6) is 1.24. The van der Waals surface area contributed by atoms with E-state index in [2.05, 4.69) is 11.8 Å². The molecule has 3 rings (SSSR count). The molecule has 2 saturated carbocycles. The highest BCUT2D eigenvalue weighted by Gasteiger charge is 2.48. The van der Waals surface area contributed by atoms with Crippen LogP contribution < -0.4 is 0 Å². The molecule has 0 spiro atoms. The van der Waals surface area contributed by atoms with Gasteiger partial charge in [0.25, 0.3) is 0 Å². The normalized spacial score (nSPS) is 29.2. The first-order valence-electron chi connectivity index (χ1n) is 14.2. The minimum atomic E-state index is 0.616. The van der Waals surface area contributed by atoms with Gasteiger partial charge in [-0.25, -0.2) is 0 Å². The van der Waals surface area contributed by atoms with E-state index < -0.39 is 0 Å². The molecule has 1 aliphatic heterocycles. The van der Waals surface area contributed by atoms with Crippen LogP contribution in [0.25, 0.3) is 0 Å². The topological polar surface area (TPSA) is 27.1 Å². The van der Waals surface area contributed by atoms with Gasteiger partial charge in [-0.3, -0.25) is 4.90 Å². The molecule has 0 aromatic carbocycles. The van der Waals surface area contributed by atoms with E-state index in [0.29, 0.717) is 11.8 Å². The van der Waals surface area contributed by atoms with Crippen LogP contribution in [0.1, 0.15) is 142 Å². The third-order valence-electron chi connectivity index (χ3n) is 8.63. The second kappa shape index (κ2) is 13.9. The summed E-state index contributed by atoms with van der Waals surface area (Å²) in [4.78, 5) is 2.93. The fraction of sp³-hybridized carbons (Fsp3) is 0.964. The molecule has 4 atom stereocenters. The van der Waals surface area contributed by atoms with Crippen LogP contribution in [0, 0.1) is 17.2 Å². The number of nitrogens with zero attached hydrogens (tertiary/aromatic N) is 1. The second-order valence-corrected chi connectivity index (χ2v) is 10.9. The van der Waals surface area contributed by atoms with Crippen molar-refractivity contribution in [3.05, 3.63) is 0 Å².